The van der Waals surface area contributed by atoms with Gasteiger partial charge in [-0.3, -0.25) is 9.78 Å². The molecule has 1 aliphatic rings. The molecule has 2 aromatic heterocycles. The Balaban J connectivity index is 1.55. The van der Waals surface area contributed by atoms with Gasteiger partial charge in [0.1, 0.15) is 23.2 Å². The number of likely N-dealkylation sites (tertiary alicyclic amines) is 1. The number of rotatable bonds is 7. The number of amides is 1. The third-order valence-electron chi connectivity index (χ3n) is 6.19. The maximum absolute atomic E-state index is 12.7. The smallest absolute Gasteiger partial charge is 0.328 e. The molecule has 0 saturated carbocycles. The normalized spacial score (nSPS) is 15.8. The van der Waals surface area contributed by atoms with Gasteiger partial charge in [0.05, 0.1) is 29.6 Å². The van der Waals surface area contributed by atoms with Gasteiger partial charge in [0.2, 0.25) is 5.91 Å². The van der Waals surface area contributed by atoms with Crippen molar-refractivity contribution in [3.05, 3.63) is 66.4 Å². The van der Waals surface area contributed by atoms with Crippen LogP contribution in [0.5, 0.6) is 11.5 Å². The number of sulfone groups is 1. The van der Waals surface area contributed by atoms with E-state index in [1.807, 2.05) is 24.3 Å². The average molecular weight is 521 g/mol. The van der Waals surface area contributed by atoms with Crippen LogP contribution < -0.4 is 4.74 Å². The lowest BCUT2D eigenvalue weighted by Gasteiger charge is -2.24. The Kier molecular flexibility index (Phi) is 6.38. The third kappa shape index (κ3) is 5.03. The summed E-state index contributed by atoms with van der Waals surface area (Å²) in [5, 5.41) is 0. The molecule has 0 aliphatic carbocycles. The quantitative estimate of drug-likeness (QED) is 0.367. The molecule has 5 rings (SSSR count). The molecule has 11 heteroatoms. The summed E-state index contributed by atoms with van der Waals surface area (Å²) >= 11 is 0. The van der Waals surface area contributed by atoms with Gasteiger partial charge in [-0.25, -0.2) is 18.2 Å². The fourth-order valence-electron chi connectivity index (χ4n) is 4.30. The van der Waals surface area contributed by atoms with Gasteiger partial charge >= 0.3 is 5.97 Å². The average Bonchev–Trinajstić information content (AvgIpc) is 3.47. The van der Waals surface area contributed by atoms with Crippen molar-refractivity contribution in [1.29, 1.82) is 0 Å². The zero-order valence-electron chi connectivity index (χ0n) is 20.2. The Bertz CT molecular complexity index is 1580. The van der Waals surface area contributed by atoms with Crippen molar-refractivity contribution < 1.29 is 27.5 Å². The number of hydrogen-bond donors (Lipinski definition) is 1. The second-order valence-electron chi connectivity index (χ2n) is 8.72. The maximum atomic E-state index is 12.7. The van der Waals surface area contributed by atoms with Crippen LogP contribution in [0.3, 0.4) is 0 Å². The van der Waals surface area contributed by atoms with Crippen molar-refractivity contribution in [2.24, 2.45) is 0 Å². The topological polar surface area (TPSA) is 132 Å². The lowest BCUT2D eigenvalue weighted by molar-refractivity contribution is -0.149. The summed E-state index contributed by atoms with van der Waals surface area (Å²) in [7, 11) is -2.06. The van der Waals surface area contributed by atoms with E-state index in [1.54, 1.807) is 24.4 Å². The number of aromatic nitrogens is 3. The molecule has 0 spiro atoms. The van der Waals surface area contributed by atoms with E-state index in [9.17, 15) is 18.0 Å². The number of hydrogen-bond acceptors (Lipinski definition) is 8. The summed E-state index contributed by atoms with van der Waals surface area (Å²) < 4.78 is 34.7. The van der Waals surface area contributed by atoms with E-state index in [-0.39, 0.29) is 23.8 Å². The molecule has 3 heterocycles. The van der Waals surface area contributed by atoms with Gasteiger partial charge in [-0.1, -0.05) is 6.07 Å². The van der Waals surface area contributed by atoms with Gasteiger partial charge in [0.15, 0.2) is 15.7 Å². The number of ether oxygens (including phenoxy) is 2. The Morgan fingerprint density at radius 1 is 1.16 bits per heavy atom. The van der Waals surface area contributed by atoms with Crippen LogP contribution in [0.15, 0.2) is 65.7 Å². The molecule has 37 heavy (non-hydrogen) atoms. The summed E-state index contributed by atoms with van der Waals surface area (Å²) in [6, 6.07) is 14.5. The molecule has 1 atom stereocenters. The molecule has 10 nitrogen and oxygen atoms in total. The van der Waals surface area contributed by atoms with Crippen molar-refractivity contribution in [2.45, 2.75) is 30.3 Å². The van der Waals surface area contributed by atoms with E-state index in [1.165, 1.54) is 24.1 Å². The number of carbonyl (C=O) groups excluding carboxylic acids is 2. The number of nitrogens with zero attached hydrogens (tertiary/aromatic N) is 3. The van der Waals surface area contributed by atoms with Crippen molar-refractivity contribution >= 4 is 32.7 Å². The standard InChI is InChI=1S/C26H24N4O6S/c1-35-26(32)22-10-11-24(31)30(22)15-16-13-20-21(29-25(28-20)19-5-3-4-12-27-19)14-23(16)36-17-6-8-18(9-7-17)37(2,33)34/h3-9,12-14,22H,10-11,15H2,1-2H3,(H,28,29). The molecule has 0 radical (unpaired) electrons. The minimum atomic E-state index is -3.36. The highest BCUT2D eigenvalue weighted by molar-refractivity contribution is 7.90. The predicted octanol–water partition coefficient (Wildman–Crippen LogP) is 3.48. The summed E-state index contributed by atoms with van der Waals surface area (Å²) in [6.07, 6.45) is 3.44. The van der Waals surface area contributed by atoms with E-state index in [2.05, 4.69) is 15.0 Å². The molecule has 2 aromatic carbocycles. The monoisotopic (exact) mass is 520 g/mol. The van der Waals surface area contributed by atoms with Gasteiger partial charge < -0.3 is 19.4 Å². The zero-order chi connectivity index (χ0) is 26.2. The first-order chi connectivity index (χ1) is 17.7. The van der Waals surface area contributed by atoms with E-state index in [0.717, 1.165) is 6.26 Å². The maximum Gasteiger partial charge on any atom is 0.328 e. The summed E-state index contributed by atoms with van der Waals surface area (Å²) in [4.78, 5) is 38.9. The van der Waals surface area contributed by atoms with Crippen LogP contribution in [0.2, 0.25) is 0 Å². The van der Waals surface area contributed by atoms with E-state index in [0.29, 0.717) is 46.0 Å². The summed E-state index contributed by atoms with van der Waals surface area (Å²) in [6.45, 7) is 0.114. The first kappa shape index (κ1) is 24.4. The first-order valence-corrected chi connectivity index (χ1v) is 13.4. The number of nitrogens with one attached hydrogen (secondary N) is 1. The predicted molar refractivity (Wildman–Crippen MR) is 135 cm³/mol. The van der Waals surface area contributed by atoms with Gasteiger partial charge in [0, 0.05) is 30.5 Å². The Morgan fingerprint density at radius 2 is 1.95 bits per heavy atom. The molecule has 1 N–H and O–H groups in total. The van der Waals surface area contributed by atoms with Crippen LogP contribution in [0.4, 0.5) is 0 Å². The van der Waals surface area contributed by atoms with Crippen LogP contribution in [-0.2, 0) is 30.7 Å². The molecular formula is C26H24N4O6S. The van der Waals surface area contributed by atoms with Crippen molar-refractivity contribution in [2.75, 3.05) is 13.4 Å². The molecule has 1 amide bonds. The number of carbonyl (C=O) groups is 2. The third-order valence-corrected chi connectivity index (χ3v) is 7.32. The number of aromatic amines is 1. The molecular weight excluding hydrogens is 496 g/mol. The number of H-pyrrole nitrogens is 1. The molecule has 1 fully saturated rings. The highest BCUT2D eigenvalue weighted by atomic mass is 32.2. The fraction of sp³-hybridized carbons (Fsp3) is 0.231. The van der Waals surface area contributed by atoms with Crippen molar-refractivity contribution in [1.82, 2.24) is 19.9 Å². The molecule has 1 saturated heterocycles. The van der Waals surface area contributed by atoms with Crippen molar-refractivity contribution in [3.63, 3.8) is 0 Å². The number of imidazole rings is 1. The highest BCUT2D eigenvalue weighted by Gasteiger charge is 2.37. The molecule has 0 bridgehead atoms. The van der Waals surface area contributed by atoms with Crippen LogP contribution >= 0.6 is 0 Å². The second-order valence-corrected chi connectivity index (χ2v) is 10.7. The molecule has 4 aromatic rings. The number of benzene rings is 2. The SMILES string of the molecule is COC(=O)C1CCC(=O)N1Cc1cc2[nH]c(-c3ccccn3)nc2cc1Oc1ccc(S(C)(=O)=O)cc1. The molecule has 190 valence electrons. The van der Waals surface area contributed by atoms with Crippen LogP contribution in [0.1, 0.15) is 18.4 Å². The van der Waals surface area contributed by atoms with Crippen LogP contribution in [0, 0.1) is 0 Å². The van der Waals surface area contributed by atoms with Gasteiger partial charge in [-0.15, -0.1) is 0 Å². The van der Waals surface area contributed by atoms with Crippen LogP contribution in [-0.4, -0.2) is 59.6 Å². The fourth-order valence-corrected chi connectivity index (χ4v) is 4.93. The lowest BCUT2D eigenvalue weighted by Crippen LogP contribution is -2.38. The number of esters is 1. The number of fused-ring (bicyclic) bond motifs is 1. The van der Waals surface area contributed by atoms with Gasteiger partial charge in [-0.05, 0) is 48.9 Å². The highest BCUT2D eigenvalue weighted by Crippen LogP contribution is 2.34. The Labute approximate surface area is 213 Å². The first-order valence-electron chi connectivity index (χ1n) is 11.5. The number of methoxy groups -OCH3 is 1. The van der Waals surface area contributed by atoms with Gasteiger partial charge in [-0.2, -0.15) is 0 Å². The summed E-state index contributed by atoms with van der Waals surface area (Å²) in [5.74, 6) is 0.774. The molecule has 1 aliphatic heterocycles. The summed E-state index contributed by atoms with van der Waals surface area (Å²) in [5.41, 5.74) is 2.63. The van der Waals surface area contributed by atoms with Gasteiger partial charge in [0.25, 0.3) is 0 Å². The minimum Gasteiger partial charge on any atom is -0.467 e. The van der Waals surface area contributed by atoms with E-state index < -0.39 is 21.8 Å². The minimum absolute atomic E-state index is 0.114. The van der Waals surface area contributed by atoms with E-state index >= 15 is 0 Å². The second kappa shape index (κ2) is 9.66. The number of pyridine rings is 1. The Morgan fingerprint density at radius 3 is 2.62 bits per heavy atom. The zero-order valence-corrected chi connectivity index (χ0v) is 21.0. The van der Waals surface area contributed by atoms with Crippen LogP contribution in [0.25, 0.3) is 22.6 Å². The largest absolute Gasteiger partial charge is 0.467 e. The lowest BCUT2D eigenvalue weighted by atomic mass is 10.1. The molecule has 1 unspecified atom stereocenters. The van der Waals surface area contributed by atoms with E-state index in [4.69, 9.17) is 9.47 Å². The Hall–Kier alpha value is -4.25. The van der Waals surface area contributed by atoms with Crippen molar-refractivity contribution in [3.8, 4) is 23.0 Å².